The number of methoxy groups -OCH3 is 1. The molecule has 0 spiro atoms. The average Bonchev–Trinajstić information content (AvgIpc) is 3.26. The van der Waals surface area contributed by atoms with E-state index in [0.29, 0.717) is 19.0 Å². The zero-order valence-corrected chi connectivity index (χ0v) is 20.3. The topological polar surface area (TPSA) is 65.4 Å². The van der Waals surface area contributed by atoms with Crippen LogP contribution in [0.3, 0.4) is 0 Å². The zero-order valence-electron chi connectivity index (χ0n) is 19.3. The van der Waals surface area contributed by atoms with E-state index < -0.39 is 32.2 Å². The quantitative estimate of drug-likeness (QED) is 0.324. The molecule has 1 N–H and O–H groups in total. The number of hydrogen-bond acceptors (Lipinski definition) is 4. The Balaban J connectivity index is 1.66. The molecular weight excluding hydrogens is 444 g/mol. The van der Waals surface area contributed by atoms with Gasteiger partial charge in [-0.2, -0.15) is 0 Å². The van der Waals surface area contributed by atoms with Gasteiger partial charge in [0.05, 0.1) is 7.11 Å². The van der Waals surface area contributed by atoms with Crippen molar-refractivity contribution < 1.29 is 23.0 Å². The van der Waals surface area contributed by atoms with Gasteiger partial charge < -0.3 is 19.4 Å². The van der Waals surface area contributed by atoms with Gasteiger partial charge in [0.2, 0.25) is 5.91 Å². The van der Waals surface area contributed by atoms with Crippen molar-refractivity contribution in [1.29, 1.82) is 0 Å². The fraction of sp³-hybridized carbons (Fsp3) is 0.417. The summed E-state index contributed by atoms with van der Waals surface area (Å²) in [6.07, 6.45) is 1.53. The second-order valence-corrected chi connectivity index (χ2v) is 15.3. The lowest BCUT2D eigenvalue weighted by Gasteiger charge is -2.15. The van der Waals surface area contributed by atoms with E-state index in [1.807, 2.05) is 41.1 Å². The van der Waals surface area contributed by atoms with Gasteiger partial charge in [-0.15, -0.1) is 0 Å². The minimum absolute atomic E-state index is 0.239. The maximum absolute atomic E-state index is 13.3. The summed E-state index contributed by atoms with van der Waals surface area (Å²) in [5.41, 5.74) is 2.42. The number of aromatic nitrogens is 2. The molecule has 2 heterocycles. The molecule has 0 aliphatic heterocycles. The number of para-hydroxylation sites is 1. The molecule has 4 rings (SSSR count). The number of benzene rings is 1. The maximum Gasteiger partial charge on any atom is 0.260 e. The van der Waals surface area contributed by atoms with Gasteiger partial charge in [-0.05, 0) is 24.2 Å². The summed E-state index contributed by atoms with van der Waals surface area (Å²) < 4.78 is 39.9. The van der Waals surface area contributed by atoms with Gasteiger partial charge in [0.1, 0.15) is 29.9 Å². The first-order chi connectivity index (χ1) is 15.6. The molecule has 1 aliphatic rings. The second kappa shape index (κ2) is 8.87. The van der Waals surface area contributed by atoms with Crippen molar-refractivity contribution >= 4 is 30.8 Å². The number of ether oxygens (including phenoxy) is 2. The highest BCUT2D eigenvalue weighted by molar-refractivity contribution is 6.76. The number of carbonyl (C=O) groups excluding carboxylic acids is 1. The maximum atomic E-state index is 13.3. The fourth-order valence-corrected chi connectivity index (χ4v) is 4.42. The normalized spacial score (nSPS) is 17.2. The monoisotopic (exact) mass is 473 g/mol. The SMILES string of the molecule is COc1ccccc1-c1cn(COCC[Si](C)(C)C)c2nc(NC(=O)C3CC3(F)F)ccc12. The van der Waals surface area contributed by atoms with Crippen molar-refractivity contribution in [2.75, 3.05) is 19.0 Å². The molecule has 1 aliphatic carbocycles. The van der Waals surface area contributed by atoms with Crippen LogP contribution in [0.4, 0.5) is 14.6 Å². The van der Waals surface area contributed by atoms with E-state index in [1.165, 1.54) is 0 Å². The van der Waals surface area contributed by atoms with Crippen molar-refractivity contribution in [3.63, 3.8) is 0 Å². The summed E-state index contributed by atoms with van der Waals surface area (Å²) in [7, 11) is 0.394. The van der Waals surface area contributed by atoms with Gasteiger partial charge in [0.25, 0.3) is 5.92 Å². The molecule has 33 heavy (non-hydrogen) atoms. The molecule has 3 aromatic rings. The molecule has 2 aromatic heterocycles. The largest absolute Gasteiger partial charge is 0.496 e. The summed E-state index contributed by atoms with van der Waals surface area (Å²) in [5.74, 6) is -3.94. The third kappa shape index (κ3) is 5.25. The number of rotatable bonds is 9. The van der Waals surface area contributed by atoms with Crippen LogP contribution in [-0.4, -0.2) is 43.2 Å². The smallest absolute Gasteiger partial charge is 0.260 e. The summed E-state index contributed by atoms with van der Waals surface area (Å²) in [6, 6.07) is 12.2. The lowest BCUT2D eigenvalue weighted by atomic mass is 10.0. The number of amides is 1. The van der Waals surface area contributed by atoms with Gasteiger partial charge >= 0.3 is 0 Å². The Morgan fingerprint density at radius 3 is 2.61 bits per heavy atom. The van der Waals surface area contributed by atoms with E-state index >= 15 is 0 Å². The minimum atomic E-state index is -2.92. The Kier molecular flexibility index (Phi) is 6.28. The molecule has 0 saturated heterocycles. The van der Waals surface area contributed by atoms with E-state index in [2.05, 4.69) is 29.9 Å². The number of hydrogen-bond donors (Lipinski definition) is 1. The number of nitrogens with one attached hydrogen (secondary N) is 1. The molecule has 176 valence electrons. The number of nitrogens with zero attached hydrogens (tertiary/aromatic N) is 2. The molecule has 0 radical (unpaired) electrons. The first-order valence-corrected chi connectivity index (χ1v) is 14.7. The van der Waals surface area contributed by atoms with Crippen LogP contribution in [0.15, 0.2) is 42.6 Å². The lowest BCUT2D eigenvalue weighted by molar-refractivity contribution is -0.119. The summed E-state index contributed by atoms with van der Waals surface area (Å²) in [5, 5.41) is 3.38. The Hall–Kier alpha value is -2.78. The van der Waals surface area contributed by atoms with Crippen LogP contribution < -0.4 is 10.1 Å². The van der Waals surface area contributed by atoms with Gasteiger partial charge in [-0.1, -0.05) is 37.8 Å². The van der Waals surface area contributed by atoms with Crippen molar-refractivity contribution in [2.45, 2.75) is 44.8 Å². The van der Waals surface area contributed by atoms with Crippen LogP contribution in [-0.2, 0) is 16.3 Å². The zero-order chi connectivity index (χ0) is 23.8. The molecule has 1 amide bonds. The van der Waals surface area contributed by atoms with Crippen LogP contribution in [0.1, 0.15) is 6.42 Å². The highest BCUT2D eigenvalue weighted by atomic mass is 28.3. The Morgan fingerprint density at radius 1 is 1.21 bits per heavy atom. The molecule has 1 aromatic carbocycles. The highest BCUT2D eigenvalue weighted by Crippen LogP contribution is 2.49. The fourth-order valence-electron chi connectivity index (χ4n) is 3.67. The van der Waals surface area contributed by atoms with Crippen LogP contribution in [0, 0.1) is 5.92 Å². The summed E-state index contributed by atoms with van der Waals surface area (Å²) in [4.78, 5) is 16.7. The van der Waals surface area contributed by atoms with Crippen LogP contribution in [0.25, 0.3) is 22.2 Å². The van der Waals surface area contributed by atoms with E-state index in [9.17, 15) is 13.6 Å². The van der Waals surface area contributed by atoms with Crippen LogP contribution >= 0.6 is 0 Å². The van der Waals surface area contributed by atoms with Gasteiger partial charge in [0, 0.05) is 43.8 Å². The van der Waals surface area contributed by atoms with Crippen LogP contribution in [0.5, 0.6) is 5.75 Å². The molecule has 1 unspecified atom stereocenters. The van der Waals surface area contributed by atoms with Crippen molar-refractivity contribution in [1.82, 2.24) is 9.55 Å². The minimum Gasteiger partial charge on any atom is -0.496 e. The van der Waals surface area contributed by atoms with Gasteiger partial charge in [-0.3, -0.25) is 4.79 Å². The van der Waals surface area contributed by atoms with Gasteiger partial charge in [0.15, 0.2) is 0 Å². The third-order valence-corrected chi connectivity index (χ3v) is 7.44. The molecule has 9 heteroatoms. The van der Waals surface area contributed by atoms with Crippen molar-refractivity contribution in [3.8, 4) is 16.9 Å². The molecule has 1 fully saturated rings. The Labute approximate surface area is 192 Å². The number of halogens is 2. The molecule has 6 nitrogen and oxygen atoms in total. The molecule has 1 atom stereocenters. The summed E-state index contributed by atoms with van der Waals surface area (Å²) >= 11 is 0. The molecular formula is C24H29F2N3O3Si. The predicted octanol–water partition coefficient (Wildman–Crippen LogP) is 5.62. The standard InChI is InChI=1S/C24H29F2N3O3Si/c1-31-20-8-6-5-7-16(20)18-14-29(15-32-11-12-33(2,3)4)22-17(18)9-10-21(27-22)28-23(30)19-13-24(19,25)26/h5-10,14,19H,11-13,15H2,1-4H3,(H,27,28,30). The number of pyridine rings is 1. The van der Waals surface area contributed by atoms with Crippen molar-refractivity contribution in [2.24, 2.45) is 5.92 Å². The van der Waals surface area contributed by atoms with E-state index in [4.69, 9.17) is 9.47 Å². The van der Waals surface area contributed by atoms with Crippen molar-refractivity contribution in [3.05, 3.63) is 42.6 Å². The number of carbonyl (C=O) groups is 1. The predicted molar refractivity (Wildman–Crippen MR) is 128 cm³/mol. The third-order valence-electron chi connectivity index (χ3n) is 5.74. The first-order valence-electron chi connectivity index (χ1n) is 11.0. The second-order valence-electron chi connectivity index (χ2n) is 9.64. The van der Waals surface area contributed by atoms with E-state index in [-0.39, 0.29) is 5.82 Å². The Bertz CT molecular complexity index is 1170. The molecule has 1 saturated carbocycles. The van der Waals surface area contributed by atoms with Crippen LogP contribution in [0.2, 0.25) is 25.7 Å². The Morgan fingerprint density at radius 2 is 1.94 bits per heavy atom. The lowest BCUT2D eigenvalue weighted by Crippen LogP contribution is -2.22. The van der Waals surface area contributed by atoms with Gasteiger partial charge in [-0.25, -0.2) is 13.8 Å². The molecule has 0 bridgehead atoms. The van der Waals surface area contributed by atoms with E-state index in [0.717, 1.165) is 28.3 Å². The average molecular weight is 474 g/mol. The van der Waals surface area contributed by atoms with E-state index in [1.54, 1.807) is 13.2 Å². The number of alkyl halides is 2. The first kappa shape index (κ1) is 23.4. The summed E-state index contributed by atoms with van der Waals surface area (Å²) in [6.45, 7) is 7.82. The number of fused-ring (bicyclic) bond motifs is 1. The number of anilines is 1. The highest BCUT2D eigenvalue weighted by Gasteiger charge is 2.61.